The molecule has 3 aliphatic rings. The number of rotatable bonds is 2. The molecule has 2 bridgehead atoms. The molecule has 3 aliphatic heterocycles. The van der Waals surface area contributed by atoms with E-state index in [-0.39, 0.29) is 12.1 Å². The maximum atomic E-state index is 12.5. The first kappa shape index (κ1) is 14.0. The van der Waals surface area contributed by atoms with Crippen molar-refractivity contribution >= 4 is 17.4 Å². The number of nitrogens with one attached hydrogen (secondary N) is 1. The number of amides is 1. The average molecular weight is 316 g/mol. The van der Waals surface area contributed by atoms with Gasteiger partial charge in [0.05, 0.1) is 6.20 Å². The molecule has 5 rings (SSSR count). The number of aromatic nitrogens is 2. The first-order chi connectivity index (χ1) is 10.7. The molecule has 1 amide bonds. The van der Waals surface area contributed by atoms with Crippen molar-refractivity contribution in [2.24, 2.45) is 5.92 Å². The maximum Gasteiger partial charge on any atom is 0.342 e. The predicted molar refractivity (Wildman–Crippen MR) is 87.0 cm³/mol. The van der Waals surface area contributed by atoms with Gasteiger partial charge in [-0.15, -0.1) is 0 Å². The molecule has 0 aliphatic carbocycles. The summed E-state index contributed by atoms with van der Waals surface area (Å²) in [6.07, 6.45) is 5.94. The maximum absolute atomic E-state index is 12.5. The summed E-state index contributed by atoms with van der Waals surface area (Å²) in [5.41, 5.74) is 2.10. The van der Waals surface area contributed by atoms with E-state index in [1.54, 1.807) is 17.5 Å². The fourth-order valence-electron chi connectivity index (χ4n) is 3.77. The molecule has 22 heavy (non-hydrogen) atoms. The van der Waals surface area contributed by atoms with E-state index in [9.17, 15) is 4.79 Å². The van der Waals surface area contributed by atoms with Crippen molar-refractivity contribution in [2.45, 2.75) is 31.8 Å². The number of nitrogens with zero attached hydrogens (tertiary/aromatic N) is 3. The summed E-state index contributed by atoms with van der Waals surface area (Å²) in [5.74, 6) is 0.607. The lowest BCUT2D eigenvalue weighted by Gasteiger charge is -2.49. The summed E-state index contributed by atoms with van der Waals surface area (Å²) in [6, 6.07) is 2.58. The molecule has 2 aromatic rings. The van der Waals surface area contributed by atoms with Crippen LogP contribution in [0.25, 0.3) is 11.1 Å². The van der Waals surface area contributed by atoms with Crippen molar-refractivity contribution in [3.63, 3.8) is 0 Å². The Kier molecular flexibility index (Phi) is 3.50. The number of thiophene rings is 1. The number of hydrogen-bond acceptors (Lipinski definition) is 4. The van der Waals surface area contributed by atoms with Crippen LogP contribution in [0, 0.1) is 5.92 Å². The van der Waals surface area contributed by atoms with Crippen LogP contribution in [0.1, 0.15) is 19.8 Å². The topological polar surface area (TPSA) is 50.2 Å². The first-order valence-electron chi connectivity index (χ1n) is 7.84. The van der Waals surface area contributed by atoms with Gasteiger partial charge in [0, 0.05) is 23.8 Å². The molecule has 0 spiro atoms. The van der Waals surface area contributed by atoms with Crippen molar-refractivity contribution in [3.05, 3.63) is 29.2 Å². The van der Waals surface area contributed by atoms with Crippen LogP contribution in [0.4, 0.5) is 4.79 Å². The second-order valence-corrected chi connectivity index (χ2v) is 7.05. The Morgan fingerprint density at radius 1 is 1.36 bits per heavy atom. The minimum absolute atomic E-state index is 0.118. The molecule has 1 N–H and O–H groups in total. The highest BCUT2D eigenvalue weighted by atomic mass is 32.1. The molecule has 0 radical (unpaired) electrons. The lowest BCUT2D eigenvalue weighted by molar-refractivity contribution is 0.0266. The highest BCUT2D eigenvalue weighted by Crippen LogP contribution is 2.32. The van der Waals surface area contributed by atoms with Crippen molar-refractivity contribution in [3.8, 4) is 11.1 Å². The minimum Gasteiger partial charge on any atom is -0.332 e. The van der Waals surface area contributed by atoms with Gasteiger partial charge in [0.1, 0.15) is 0 Å². The third-order valence-electron chi connectivity index (χ3n) is 5.11. The largest absolute Gasteiger partial charge is 0.342 e. The molecule has 5 heterocycles. The Morgan fingerprint density at radius 2 is 2.18 bits per heavy atom. The summed E-state index contributed by atoms with van der Waals surface area (Å²) >= 11 is 1.65. The fraction of sp³-hybridized carbons (Fsp3) is 0.500. The van der Waals surface area contributed by atoms with Crippen molar-refractivity contribution in [1.29, 1.82) is 0 Å². The van der Waals surface area contributed by atoms with Gasteiger partial charge < -0.3 is 5.32 Å². The molecule has 6 heteroatoms. The molecule has 116 valence electrons. The van der Waals surface area contributed by atoms with Gasteiger partial charge >= 0.3 is 6.03 Å². The number of fused-ring (bicyclic) bond motifs is 3. The molecule has 2 aromatic heterocycles. The number of carbonyl (C=O) groups excluding carboxylic acids is 1. The second kappa shape index (κ2) is 5.52. The van der Waals surface area contributed by atoms with Crippen molar-refractivity contribution < 1.29 is 4.79 Å². The van der Waals surface area contributed by atoms with E-state index >= 15 is 0 Å². The summed E-state index contributed by atoms with van der Waals surface area (Å²) in [7, 11) is 0. The van der Waals surface area contributed by atoms with Crippen LogP contribution in [-0.2, 0) is 0 Å². The number of piperidine rings is 3. The van der Waals surface area contributed by atoms with E-state index < -0.39 is 0 Å². The van der Waals surface area contributed by atoms with Gasteiger partial charge in [-0.1, -0.05) is 0 Å². The summed E-state index contributed by atoms with van der Waals surface area (Å²) in [6.45, 7) is 4.56. The first-order valence-corrected chi connectivity index (χ1v) is 8.79. The minimum atomic E-state index is -0.118. The quantitative estimate of drug-likeness (QED) is 0.926. The molecule has 5 nitrogen and oxygen atoms in total. The normalized spacial score (nSPS) is 30.4. The zero-order valence-electron chi connectivity index (χ0n) is 12.6. The van der Waals surface area contributed by atoms with Crippen LogP contribution in [0.15, 0.2) is 29.2 Å². The van der Waals surface area contributed by atoms with Gasteiger partial charge in [-0.25, -0.2) is 4.79 Å². The van der Waals surface area contributed by atoms with Crippen molar-refractivity contribution in [1.82, 2.24) is 20.0 Å². The second-order valence-electron chi connectivity index (χ2n) is 6.27. The molecule has 3 saturated heterocycles. The van der Waals surface area contributed by atoms with Crippen LogP contribution in [-0.4, -0.2) is 45.9 Å². The molecular formula is C16H20N4OS. The van der Waals surface area contributed by atoms with Gasteiger partial charge in [-0.05, 0) is 61.2 Å². The van der Waals surface area contributed by atoms with E-state index in [0.29, 0.717) is 12.0 Å². The third kappa shape index (κ3) is 2.36. The highest BCUT2D eigenvalue weighted by Gasteiger charge is 2.40. The van der Waals surface area contributed by atoms with Gasteiger partial charge in [0.25, 0.3) is 0 Å². The van der Waals surface area contributed by atoms with E-state index in [2.05, 4.69) is 27.6 Å². The number of hydrogen-bond donors (Lipinski definition) is 1. The van der Waals surface area contributed by atoms with Crippen LogP contribution in [0.5, 0.6) is 0 Å². The average Bonchev–Trinajstić information content (AvgIpc) is 3.21. The monoisotopic (exact) mass is 316 g/mol. The van der Waals surface area contributed by atoms with Gasteiger partial charge in [0.2, 0.25) is 0 Å². The molecule has 0 unspecified atom stereocenters. The van der Waals surface area contributed by atoms with Gasteiger partial charge in [0.15, 0.2) is 0 Å². The van der Waals surface area contributed by atoms with Crippen LogP contribution in [0.2, 0.25) is 0 Å². The molecule has 0 aromatic carbocycles. The third-order valence-corrected chi connectivity index (χ3v) is 5.80. The van der Waals surface area contributed by atoms with E-state index in [1.807, 2.05) is 17.6 Å². The van der Waals surface area contributed by atoms with Crippen LogP contribution >= 0.6 is 11.3 Å². The lowest BCUT2D eigenvalue weighted by atomic mass is 9.79. The Hall–Kier alpha value is -1.66. The Bertz CT molecular complexity index is 656. The van der Waals surface area contributed by atoms with Gasteiger partial charge in [-0.3, -0.25) is 4.90 Å². The highest BCUT2D eigenvalue weighted by molar-refractivity contribution is 7.08. The molecular weight excluding hydrogens is 296 g/mol. The van der Waals surface area contributed by atoms with E-state index in [0.717, 1.165) is 11.1 Å². The van der Waals surface area contributed by atoms with Crippen LogP contribution < -0.4 is 5.32 Å². The zero-order chi connectivity index (χ0) is 15.1. The van der Waals surface area contributed by atoms with Gasteiger partial charge in [-0.2, -0.15) is 21.1 Å². The number of carbonyl (C=O) groups is 1. The summed E-state index contributed by atoms with van der Waals surface area (Å²) < 4.78 is 1.43. The molecule has 3 fully saturated rings. The summed E-state index contributed by atoms with van der Waals surface area (Å²) in [4.78, 5) is 15.0. The fourth-order valence-corrected chi connectivity index (χ4v) is 4.43. The smallest absolute Gasteiger partial charge is 0.332 e. The molecule has 0 saturated carbocycles. The van der Waals surface area contributed by atoms with E-state index in [1.165, 1.54) is 30.6 Å². The van der Waals surface area contributed by atoms with Crippen LogP contribution in [0.3, 0.4) is 0 Å². The zero-order valence-corrected chi connectivity index (χ0v) is 13.4. The summed E-state index contributed by atoms with van der Waals surface area (Å²) in [5, 5.41) is 11.5. The Morgan fingerprint density at radius 3 is 2.86 bits per heavy atom. The standard InChI is InChI=1S/C16H20N4OS/c1-11-15(12-2-5-19(11)6-3-12)18-16(21)20-9-14(8-17-20)13-4-7-22-10-13/h4,7-12,15H,2-3,5-6H2,1H3,(H,18,21)/t11-,15+/m1/s1. The lowest BCUT2D eigenvalue weighted by Crippen LogP contribution is -2.62. The molecule has 2 atom stereocenters. The van der Waals surface area contributed by atoms with Crippen molar-refractivity contribution in [2.75, 3.05) is 13.1 Å². The van der Waals surface area contributed by atoms with E-state index in [4.69, 9.17) is 0 Å². The Labute approximate surface area is 133 Å². The predicted octanol–water partition coefficient (Wildman–Crippen LogP) is 2.65. The SMILES string of the molecule is C[C@@H]1[C@H](NC(=O)n2cc(-c3ccsc3)cn2)C2CCN1CC2. The Balaban J connectivity index is 1.48.